The van der Waals surface area contributed by atoms with Gasteiger partial charge in [0.05, 0.1) is 16.9 Å². The average Bonchev–Trinajstić information content (AvgIpc) is 2.67. The van der Waals surface area contributed by atoms with Gasteiger partial charge in [0, 0.05) is 42.9 Å². The molecule has 0 bridgehead atoms. The number of hydrogen-bond acceptors (Lipinski definition) is 6. The zero-order valence-electron chi connectivity index (χ0n) is 15.5. The maximum atomic E-state index is 14.2. The third-order valence-electron chi connectivity index (χ3n) is 4.11. The summed E-state index contributed by atoms with van der Waals surface area (Å²) in [5.41, 5.74) is 5.47. The fraction of sp³-hybridized carbons (Fsp3) is 0.294. The molecule has 2 N–H and O–H groups in total. The number of nitro benzene ring substituents is 1. The highest BCUT2D eigenvalue weighted by Crippen LogP contribution is 2.26. The van der Waals surface area contributed by atoms with Crippen LogP contribution in [0.4, 0.5) is 14.5 Å². The van der Waals surface area contributed by atoms with Crippen LogP contribution < -0.4 is 10.5 Å². The van der Waals surface area contributed by atoms with E-state index in [4.69, 9.17) is 10.5 Å². The molecule has 2 aromatic rings. The van der Waals surface area contributed by atoms with Gasteiger partial charge in [-0.05, 0) is 18.2 Å². The normalized spacial score (nSPS) is 12.3. The van der Waals surface area contributed by atoms with Crippen LogP contribution in [0.5, 0.6) is 5.75 Å². The van der Waals surface area contributed by atoms with Crippen molar-refractivity contribution in [1.29, 1.82) is 0 Å². The van der Waals surface area contributed by atoms with Crippen LogP contribution in [0.1, 0.15) is 18.5 Å². The van der Waals surface area contributed by atoms with E-state index in [1.807, 2.05) is 0 Å². The molecule has 0 fully saturated rings. The molecule has 0 aliphatic carbocycles. The third-order valence-corrected chi connectivity index (χ3v) is 6.06. The van der Waals surface area contributed by atoms with Crippen LogP contribution in [0, 0.1) is 21.7 Å². The lowest BCUT2D eigenvalue weighted by Crippen LogP contribution is -2.37. The monoisotopic (exact) mass is 451 g/mol. The van der Waals surface area contributed by atoms with Crippen molar-refractivity contribution in [2.75, 3.05) is 20.2 Å². The minimum Gasteiger partial charge on any atom is -0.494 e. The third kappa shape index (κ3) is 5.38. The van der Waals surface area contributed by atoms with Crippen molar-refractivity contribution in [3.05, 3.63) is 63.7 Å². The predicted molar refractivity (Wildman–Crippen MR) is 105 cm³/mol. The number of non-ortho nitro benzene ring substituents is 1. The van der Waals surface area contributed by atoms with Crippen molar-refractivity contribution in [2.45, 2.75) is 17.9 Å². The first-order valence-electron chi connectivity index (χ1n) is 8.15. The van der Waals surface area contributed by atoms with Crippen molar-refractivity contribution in [2.24, 2.45) is 5.73 Å². The molecule has 0 spiro atoms. The van der Waals surface area contributed by atoms with Crippen molar-refractivity contribution in [1.82, 2.24) is 4.31 Å². The summed E-state index contributed by atoms with van der Waals surface area (Å²) in [5.74, 6) is -1.94. The topological polar surface area (TPSA) is 116 Å². The minimum atomic E-state index is -4.04. The Morgan fingerprint density at radius 3 is 2.28 bits per heavy atom. The summed E-state index contributed by atoms with van der Waals surface area (Å²) < 4.78 is 59.3. The Morgan fingerprint density at radius 2 is 1.79 bits per heavy atom. The highest BCUT2D eigenvalue weighted by Gasteiger charge is 2.27. The Balaban J connectivity index is 0.00000420. The van der Waals surface area contributed by atoms with Gasteiger partial charge < -0.3 is 10.5 Å². The van der Waals surface area contributed by atoms with Gasteiger partial charge in [-0.1, -0.05) is 6.92 Å². The zero-order chi connectivity index (χ0) is 21.1. The van der Waals surface area contributed by atoms with E-state index in [0.717, 1.165) is 40.7 Å². The molecule has 160 valence electrons. The van der Waals surface area contributed by atoms with Crippen LogP contribution in [0.15, 0.2) is 41.3 Å². The van der Waals surface area contributed by atoms with Crippen LogP contribution in [0.25, 0.3) is 0 Å². The zero-order valence-corrected chi connectivity index (χ0v) is 17.2. The summed E-state index contributed by atoms with van der Waals surface area (Å²) in [7, 11) is -2.86. The van der Waals surface area contributed by atoms with E-state index >= 15 is 0 Å². The molecule has 12 heteroatoms. The average molecular weight is 452 g/mol. The van der Waals surface area contributed by atoms with Gasteiger partial charge in [0.1, 0.15) is 5.82 Å². The lowest BCUT2D eigenvalue weighted by Gasteiger charge is -2.24. The number of nitro groups is 1. The number of nitrogens with two attached hydrogens (primary N) is 1. The molecule has 0 aliphatic rings. The fourth-order valence-electron chi connectivity index (χ4n) is 2.59. The second-order valence-electron chi connectivity index (χ2n) is 5.82. The molecule has 2 rings (SSSR count). The van der Waals surface area contributed by atoms with Gasteiger partial charge in [0.2, 0.25) is 10.0 Å². The first kappa shape index (κ1) is 24.7. The summed E-state index contributed by atoms with van der Waals surface area (Å²) in [6.07, 6.45) is 0. The van der Waals surface area contributed by atoms with Gasteiger partial charge in [-0.3, -0.25) is 10.1 Å². The molecule has 2 aromatic carbocycles. The van der Waals surface area contributed by atoms with E-state index in [1.165, 1.54) is 7.11 Å². The number of nitrogens with zero attached hydrogens (tertiary/aromatic N) is 2. The maximum Gasteiger partial charge on any atom is 0.269 e. The molecule has 29 heavy (non-hydrogen) atoms. The number of halogens is 3. The van der Waals surface area contributed by atoms with Crippen molar-refractivity contribution >= 4 is 28.1 Å². The molecule has 0 saturated carbocycles. The minimum absolute atomic E-state index is 0. The van der Waals surface area contributed by atoms with Crippen LogP contribution >= 0.6 is 12.4 Å². The number of hydrogen-bond donors (Lipinski definition) is 1. The summed E-state index contributed by atoms with van der Waals surface area (Å²) in [5, 5.41) is 10.7. The lowest BCUT2D eigenvalue weighted by atomic mass is 10.1. The van der Waals surface area contributed by atoms with Gasteiger partial charge in [0.25, 0.3) is 5.69 Å². The lowest BCUT2D eigenvalue weighted by molar-refractivity contribution is -0.384. The summed E-state index contributed by atoms with van der Waals surface area (Å²) in [6, 6.07) is 4.91. The van der Waals surface area contributed by atoms with Crippen molar-refractivity contribution in [3.8, 4) is 5.75 Å². The highest BCUT2D eigenvalue weighted by molar-refractivity contribution is 7.89. The van der Waals surface area contributed by atoms with E-state index in [0.29, 0.717) is 0 Å². The number of benzene rings is 2. The molecule has 0 radical (unpaired) electrons. The Kier molecular flexibility index (Phi) is 8.45. The van der Waals surface area contributed by atoms with E-state index in [-0.39, 0.29) is 47.4 Å². The van der Waals surface area contributed by atoms with Gasteiger partial charge in [-0.25, -0.2) is 17.2 Å². The van der Waals surface area contributed by atoms with Crippen LogP contribution in [-0.4, -0.2) is 37.8 Å². The van der Waals surface area contributed by atoms with Crippen LogP contribution in [-0.2, 0) is 10.0 Å². The Labute approximate surface area is 172 Å². The predicted octanol–water partition coefficient (Wildman–Crippen LogP) is 3.01. The Morgan fingerprint density at radius 1 is 1.21 bits per heavy atom. The van der Waals surface area contributed by atoms with E-state index < -0.39 is 32.6 Å². The van der Waals surface area contributed by atoms with E-state index in [1.54, 1.807) is 6.92 Å². The summed E-state index contributed by atoms with van der Waals surface area (Å²) >= 11 is 0. The fourth-order valence-corrected chi connectivity index (χ4v) is 4.06. The standard InChI is InChI=1S/C17H19F2N3O5S.ClH/c1-3-21(28(25,26)12-6-4-11(5-7-12)22(23)24)10-16(20)13-8-15(19)17(27-2)9-14(13)18;/h4-9,16H,3,10,20H2,1-2H3;1H/t16-;/m0./s1. The highest BCUT2D eigenvalue weighted by atomic mass is 35.5. The number of methoxy groups -OCH3 is 1. The number of rotatable bonds is 8. The quantitative estimate of drug-likeness (QED) is 0.487. The second kappa shape index (κ2) is 9.92. The summed E-state index contributed by atoms with van der Waals surface area (Å²) in [4.78, 5) is 9.89. The van der Waals surface area contributed by atoms with Gasteiger partial charge in [-0.2, -0.15) is 4.31 Å². The molecule has 0 unspecified atom stereocenters. The van der Waals surface area contributed by atoms with Crippen molar-refractivity contribution in [3.63, 3.8) is 0 Å². The first-order valence-corrected chi connectivity index (χ1v) is 9.59. The number of ether oxygens (including phenoxy) is 1. The SMILES string of the molecule is CCN(C[C@H](N)c1cc(F)c(OC)cc1F)S(=O)(=O)c1ccc([N+](=O)[O-])cc1.Cl. The molecule has 0 saturated heterocycles. The van der Waals surface area contributed by atoms with Crippen LogP contribution in [0.2, 0.25) is 0 Å². The molecule has 0 amide bonds. The molecule has 0 aromatic heterocycles. The Bertz CT molecular complexity index is 974. The van der Waals surface area contributed by atoms with Gasteiger partial charge in [-0.15, -0.1) is 12.4 Å². The van der Waals surface area contributed by atoms with Gasteiger partial charge >= 0.3 is 0 Å². The first-order chi connectivity index (χ1) is 13.1. The summed E-state index contributed by atoms with van der Waals surface area (Å²) in [6.45, 7) is 1.24. The number of likely N-dealkylation sites (N-methyl/N-ethyl adjacent to an activating group) is 1. The Hall–Kier alpha value is -2.34. The molecular formula is C17H20ClF2N3O5S. The van der Waals surface area contributed by atoms with E-state index in [9.17, 15) is 27.3 Å². The molecule has 8 nitrogen and oxygen atoms in total. The smallest absolute Gasteiger partial charge is 0.269 e. The largest absolute Gasteiger partial charge is 0.494 e. The molecule has 0 heterocycles. The second-order valence-corrected chi connectivity index (χ2v) is 7.76. The van der Waals surface area contributed by atoms with Crippen molar-refractivity contribution < 1.29 is 26.9 Å². The van der Waals surface area contributed by atoms with E-state index in [2.05, 4.69) is 0 Å². The molecule has 0 aliphatic heterocycles. The number of sulfonamides is 1. The molecular weight excluding hydrogens is 432 g/mol. The van der Waals surface area contributed by atoms with Gasteiger partial charge in [0.15, 0.2) is 11.6 Å². The van der Waals surface area contributed by atoms with Crippen LogP contribution in [0.3, 0.4) is 0 Å². The molecule has 1 atom stereocenters. The maximum absolute atomic E-state index is 14.2.